The Labute approximate surface area is 132 Å². The van der Waals surface area contributed by atoms with Gasteiger partial charge in [-0.1, -0.05) is 35.3 Å². The van der Waals surface area contributed by atoms with Crippen LogP contribution in [0, 0.1) is 22.7 Å². The van der Waals surface area contributed by atoms with Gasteiger partial charge in [-0.05, 0) is 42.0 Å². The van der Waals surface area contributed by atoms with Crippen LogP contribution in [0.25, 0.3) is 6.08 Å². The molecule has 0 heterocycles. The Morgan fingerprint density at radius 1 is 0.952 bits per heavy atom. The summed E-state index contributed by atoms with van der Waals surface area (Å²) in [5.41, 5.74) is 0.719. The molecule has 0 spiro atoms. The Balaban J connectivity index is 2.28. The van der Waals surface area contributed by atoms with Gasteiger partial charge in [0.05, 0.1) is 0 Å². The van der Waals surface area contributed by atoms with Crippen molar-refractivity contribution in [2.45, 2.75) is 0 Å². The summed E-state index contributed by atoms with van der Waals surface area (Å²) in [7, 11) is 0. The van der Waals surface area contributed by atoms with Gasteiger partial charge in [-0.3, -0.25) is 0 Å². The number of nitrogens with zero attached hydrogens (tertiary/aromatic N) is 2. The van der Waals surface area contributed by atoms with Crippen LogP contribution in [0.15, 0.2) is 48.0 Å². The second-order valence-electron chi connectivity index (χ2n) is 4.06. The number of hydrogen-bond acceptors (Lipinski definition) is 3. The molecule has 0 aliphatic rings. The molecule has 0 radical (unpaired) electrons. The van der Waals surface area contributed by atoms with Gasteiger partial charge >= 0.3 is 0 Å². The van der Waals surface area contributed by atoms with Gasteiger partial charge in [0, 0.05) is 10.0 Å². The van der Waals surface area contributed by atoms with E-state index >= 15 is 0 Å². The Bertz CT molecular complexity index is 749. The van der Waals surface area contributed by atoms with Gasteiger partial charge < -0.3 is 4.74 Å². The quantitative estimate of drug-likeness (QED) is 0.730. The smallest absolute Gasteiger partial charge is 0.130 e. The Morgan fingerprint density at radius 2 is 1.62 bits per heavy atom. The molecule has 0 bridgehead atoms. The summed E-state index contributed by atoms with van der Waals surface area (Å²) in [5.74, 6) is 1.06. The summed E-state index contributed by atoms with van der Waals surface area (Å²) in [5, 5.41) is 18.5. The molecule has 0 atom stereocenters. The van der Waals surface area contributed by atoms with Crippen LogP contribution in [0.4, 0.5) is 0 Å². The van der Waals surface area contributed by atoms with E-state index in [0.29, 0.717) is 27.1 Å². The van der Waals surface area contributed by atoms with Crippen molar-refractivity contribution in [2.24, 2.45) is 0 Å². The summed E-state index contributed by atoms with van der Waals surface area (Å²) in [4.78, 5) is 0. The second-order valence-corrected chi connectivity index (χ2v) is 4.93. The first-order valence-corrected chi connectivity index (χ1v) is 6.62. The average Bonchev–Trinajstić information content (AvgIpc) is 2.44. The van der Waals surface area contributed by atoms with E-state index in [-0.39, 0.29) is 5.57 Å². The monoisotopic (exact) mass is 314 g/mol. The number of rotatable bonds is 3. The molecule has 0 unspecified atom stereocenters. The minimum absolute atomic E-state index is 0.0259. The number of nitriles is 2. The first kappa shape index (κ1) is 14.9. The lowest BCUT2D eigenvalue weighted by Crippen LogP contribution is -1.85. The molecule has 3 nitrogen and oxygen atoms in total. The fraction of sp³-hybridized carbons (Fsp3) is 0. The van der Waals surface area contributed by atoms with Crippen LogP contribution in [0.3, 0.4) is 0 Å². The molecule has 0 N–H and O–H groups in total. The van der Waals surface area contributed by atoms with Crippen LogP contribution < -0.4 is 4.74 Å². The molecule has 2 rings (SSSR count). The Morgan fingerprint density at radius 3 is 2.24 bits per heavy atom. The highest BCUT2D eigenvalue weighted by Gasteiger charge is 2.02. The van der Waals surface area contributed by atoms with Crippen LogP contribution in [-0.4, -0.2) is 0 Å². The third-order valence-electron chi connectivity index (χ3n) is 2.48. The zero-order chi connectivity index (χ0) is 15.2. The molecule has 0 saturated carbocycles. The standard InChI is InChI=1S/C16H8Cl2N2O/c17-13-6-14(18)8-16(7-13)21-15-3-1-2-11(5-15)4-12(9-19)10-20/h1-8H. The van der Waals surface area contributed by atoms with Crippen molar-refractivity contribution in [3.8, 4) is 23.6 Å². The van der Waals surface area contributed by atoms with Crippen molar-refractivity contribution in [1.82, 2.24) is 0 Å². The van der Waals surface area contributed by atoms with E-state index in [0.717, 1.165) is 0 Å². The molecule has 2 aromatic carbocycles. The molecule has 0 aliphatic carbocycles. The number of benzene rings is 2. The maximum absolute atomic E-state index is 8.75. The molecule has 0 aliphatic heterocycles. The fourth-order valence-corrected chi connectivity index (χ4v) is 2.15. The van der Waals surface area contributed by atoms with E-state index in [2.05, 4.69) is 0 Å². The zero-order valence-electron chi connectivity index (χ0n) is 10.7. The van der Waals surface area contributed by atoms with E-state index in [4.69, 9.17) is 38.5 Å². The first-order chi connectivity index (χ1) is 10.1. The van der Waals surface area contributed by atoms with Crippen LogP contribution in [-0.2, 0) is 0 Å². The van der Waals surface area contributed by atoms with Gasteiger partial charge in [-0.15, -0.1) is 0 Å². The van der Waals surface area contributed by atoms with E-state index in [9.17, 15) is 0 Å². The average molecular weight is 315 g/mol. The van der Waals surface area contributed by atoms with Crippen LogP contribution >= 0.6 is 23.2 Å². The zero-order valence-corrected chi connectivity index (χ0v) is 12.2. The minimum Gasteiger partial charge on any atom is -0.457 e. The highest BCUT2D eigenvalue weighted by molar-refractivity contribution is 6.34. The summed E-state index contributed by atoms with van der Waals surface area (Å²) in [6.45, 7) is 0. The number of allylic oxidation sites excluding steroid dienone is 1. The number of halogens is 2. The summed E-state index contributed by atoms with van der Waals surface area (Å²) < 4.78 is 5.67. The third-order valence-corrected chi connectivity index (χ3v) is 2.92. The Hall–Kier alpha value is -2.46. The van der Waals surface area contributed by atoms with Gasteiger partial charge in [0.2, 0.25) is 0 Å². The first-order valence-electron chi connectivity index (χ1n) is 5.86. The lowest BCUT2D eigenvalue weighted by atomic mass is 10.1. The fourth-order valence-electron chi connectivity index (χ4n) is 1.65. The molecule has 2 aromatic rings. The maximum Gasteiger partial charge on any atom is 0.130 e. The van der Waals surface area contributed by atoms with Gasteiger partial charge in [0.15, 0.2) is 0 Å². The summed E-state index contributed by atoms with van der Waals surface area (Å²) in [6.07, 6.45) is 1.48. The van der Waals surface area contributed by atoms with Gasteiger partial charge in [0.1, 0.15) is 29.2 Å². The molecule has 0 fully saturated rings. The predicted octanol–water partition coefficient (Wildman–Crippen LogP) is 5.22. The molecule has 21 heavy (non-hydrogen) atoms. The van der Waals surface area contributed by atoms with Gasteiger partial charge in [-0.2, -0.15) is 10.5 Å². The highest BCUT2D eigenvalue weighted by Crippen LogP contribution is 2.28. The van der Waals surface area contributed by atoms with E-state index in [1.165, 1.54) is 6.08 Å². The van der Waals surface area contributed by atoms with Crippen LogP contribution in [0.5, 0.6) is 11.5 Å². The summed E-state index contributed by atoms with van der Waals surface area (Å²) >= 11 is 11.8. The van der Waals surface area contributed by atoms with E-state index in [1.54, 1.807) is 42.5 Å². The second kappa shape index (κ2) is 6.81. The SMILES string of the molecule is N#CC(C#N)=Cc1cccc(Oc2cc(Cl)cc(Cl)c2)c1. The number of hydrogen-bond donors (Lipinski definition) is 0. The third kappa shape index (κ3) is 4.26. The normalized spacial score (nSPS) is 9.33. The minimum atomic E-state index is 0.0259. The van der Waals surface area contributed by atoms with Crippen molar-refractivity contribution in [3.05, 3.63) is 63.6 Å². The van der Waals surface area contributed by atoms with Crippen LogP contribution in [0.2, 0.25) is 10.0 Å². The van der Waals surface area contributed by atoms with Gasteiger partial charge in [-0.25, -0.2) is 0 Å². The summed E-state index contributed by atoms with van der Waals surface area (Å²) in [6, 6.07) is 15.5. The molecular weight excluding hydrogens is 307 g/mol. The highest BCUT2D eigenvalue weighted by atomic mass is 35.5. The van der Waals surface area contributed by atoms with Crippen molar-refractivity contribution in [3.63, 3.8) is 0 Å². The van der Waals surface area contributed by atoms with E-state index in [1.807, 2.05) is 12.1 Å². The molecule has 0 aromatic heterocycles. The van der Waals surface area contributed by atoms with Crippen LogP contribution in [0.1, 0.15) is 5.56 Å². The topological polar surface area (TPSA) is 56.8 Å². The Kier molecular flexibility index (Phi) is 4.85. The molecule has 0 saturated heterocycles. The van der Waals surface area contributed by atoms with Crippen molar-refractivity contribution in [2.75, 3.05) is 0 Å². The number of ether oxygens (including phenoxy) is 1. The molecular formula is C16H8Cl2N2O. The lowest BCUT2D eigenvalue weighted by Gasteiger charge is -2.07. The van der Waals surface area contributed by atoms with Crippen molar-refractivity contribution in [1.29, 1.82) is 10.5 Å². The largest absolute Gasteiger partial charge is 0.457 e. The maximum atomic E-state index is 8.75. The molecule has 0 amide bonds. The van der Waals surface area contributed by atoms with Crippen molar-refractivity contribution < 1.29 is 4.74 Å². The molecule has 5 heteroatoms. The predicted molar refractivity (Wildman–Crippen MR) is 82.2 cm³/mol. The molecule has 102 valence electrons. The lowest BCUT2D eigenvalue weighted by molar-refractivity contribution is 0.482. The van der Waals surface area contributed by atoms with Gasteiger partial charge in [0.25, 0.3) is 0 Å². The van der Waals surface area contributed by atoms with E-state index < -0.39 is 0 Å². The van der Waals surface area contributed by atoms with Crippen molar-refractivity contribution >= 4 is 29.3 Å².